The van der Waals surface area contributed by atoms with E-state index in [1.165, 1.54) is 0 Å². The van der Waals surface area contributed by atoms with Crippen molar-refractivity contribution < 1.29 is 4.79 Å². The Morgan fingerprint density at radius 3 is 2.85 bits per heavy atom. The fraction of sp³-hybridized carbons (Fsp3) is 0.714. The van der Waals surface area contributed by atoms with Crippen molar-refractivity contribution in [3.63, 3.8) is 0 Å². The van der Waals surface area contributed by atoms with Crippen molar-refractivity contribution in [1.29, 1.82) is 0 Å². The molecule has 1 fully saturated rings. The van der Waals surface area contributed by atoms with Crippen LogP contribution in [0.2, 0.25) is 0 Å². The van der Waals surface area contributed by atoms with E-state index < -0.39 is 0 Å². The molecule has 0 spiro atoms. The number of rotatable bonds is 4. The first kappa shape index (κ1) is 15.5. The summed E-state index contributed by atoms with van der Waals surface area (Å²) in [7, 11) is 0. The monoisotopic (exact) mass is 342 g/mol. The minimum absolute atomic E-state index is 0.0973. The first-order valence-corrected chi connectivity index (χ1v) is 8.14. The van der Waals surface area contributed by atoms with Crippen LogP contribution in [0.15, 0.2) is 4.47 Å². The molecule has 6 heteroatoms. The summed E-state index contributed by atoms with van der Waals surface area (Å²) in [5.74, 6) is 0.177. The highest BCUT2D eigenvalue weighted by molar-refractivity contribution is 9.10. The Labute approximate surface area is 128 Å². The number of aryl methyl sites for hydroxylation is 2. The van der Waals surface area contributed by atoms with Gasteiger partial charge in [0, 0.05) is 13.1 Å². The van der Waals surface area contributed by atoms with Gasteiger partial charge in [-0.3, -0.25) is 9.48 Å². The van der Waals surface area contributed by atoms with E-state index in [0.717, 1.165) is 48.3 Å². The Bertz CT molecular complexity index is 486. The molecule has 1 aliphatic heterocycles. The zero-order valence-corrected chi connectivity index (χ0v) is 14.0. The Kier molecular flexibility index (Phi) is 5.21. The number of nitrogens with one attached hydrogen (secondary N) is 1. The SMILES string of the molecule is CCc1nn(CC)c(CN2CCCNC(C)C2=O)c1Br. The number of nitrogens with zero attached hydrogens (tertiary/aromatic N) is 3. The average molecular weight is 343 g/mol. The van der Waals surface area contributed by atoms with Crippen molar-refractivity contribution in [3.05, 3.63) is 15.9 Å². The summed E-state index contributed by atoms with van der Waals surface area (Å²) in [6.45, 7) is 9.27. The molecule has 0 aliphatic carbocycles. The fourth-order valence-electron chi connectivity index (χ4n) is 2.57. The number of hydrogen-bond acceptors (Lipinski definition) is 3. The summed E-state index contributed by atoms with van der Waals surface area (Å²) >= 11 is 3.65. The molecular weight excluding hydrogens is 320 g/mol. The molecule has 1 aromatic rings. The maximum absolute atomic E-state index is 12.4. The molecule has 1 saturated heterocycles. The summed E-state index contributed by atoms with van der Waals surface area (Å²) in [6, 6.07) is -0.0973. The van der Waals surface area contributed by atoms with Crippen LogP contribution in [0.4, 0.5) is 0 Å². The molecule has 2 rings (SSSR count). The Balaban J connectivity index is 2.24. The largest absolute Gasteiger partial charge is 0.335 e. The average Bonchev–Trinajstić information content (AvgIpc) is 2.67. The van der Waals surface area contributed by atoms with Gasteiger partial charge in [0.05, 0.1) is 28.4 Å². The predicted molar refractivity (Wildman–Crippen MR) is 82.5 cm³/mol. The van der Waals surface area contributed by atoms with E-state index in [-0.39, 0.29) is 11.9 Å². The Morgan fingerprint density at radius 2 is 2.20 bits per heavy atom. The van der Waals surface area contributed by atoms with E-state index in [9.17, 15) is 4.79 Å². The summed E-state index contributed by atoms with van der Waals surface area (Å²) in [6.07, 6.45) is 1.89. The van der Waals surface area contributed by atoms with Gasteiger partial charge in [0.1, 0.15) is 0 Å². The van der Waals surface area contributed by atoms with Crippen molar-refractivity contribution in [2.75, 3.05) is 13.1 Å². The second-order valence-electron chi connectivity index (χ2n) is 5.17. The van der Waals surface area contributed by atoms with Crippen LogP contribution in [0.25, 0.3) is 0 Å². The molecule has 1 unspecified atom stereocenters. The number of carbonyl (C=O) groups is 1. The predicted octanol–water partition coefficient (Wildman–Crippen LogP) is 1.94. The molecule has 1 aromatic heterocycles. The van der Waals surface area contributed by atoms with Crippen LogP contribution < -0.4 is 5.32 Å². The van der Waals surface area contributed by atoms with Crippen LogP contribution in [-0.2, 0) is 24.3 Å². The molecular formula is C14H23BrN4O. The van der Waals surface area contributed by atoms with Gasteiger partial charge in [0.2, 0.25) is 5.91 Å². The van der Waals surface area contributed by atoms with Gasteiger partial charge in [0.15, 0.2) is 0 Å². The molecule has 1 aliphatic rings. The molecule has 1 amide bonds. The van der Waals surface area contributed by atoms with Gasteiger partial charge in [-0.25, -0.2) is 0 Å². The van der Waals surface area contributed by atoms with Crippen LogP contribution in [0.1, 0.15) is 38.6 Å². The lowest BCUT2D eigenvalue weighted by Crippen LogP contribution is -2.41. The van der Waals surface area contributed by atoms with E-state index in [1.807, 2.05) is 16.5 Å². The summed E-state index contributed by atoms with van der Waals surface area (Å²) in [5.41, 5.74) is 2.17. The van der Waals surface area contributed by atoms with E-state index in [4.69, 9.17) is 0 Å². The number of carbonyl (C=O) groups excluding carboxylic acids is 1. The molecule has 0 radical (unpaired) electrons. The highest BCUT2D eigenvalue weighted by Gasteiger charge is 2.25. The van der Waals surface area contributed by atoms with Crippen LogP contribution in [-0.4, -0.2) is 39.7 Å². The lowest BCUT2D eigenvalue weighted by atomic mass is 10.2. The van der Waals surface area contributed by atoms with Crippen molar-refractivity contribution in [2.45, 2.75) is 52.7 Å². The zero-order chi connectivity index (χ0) is 14.7. The number of hydrogen-bond donors (Lipinski definition) is 1. The van der Waals surface area contributed by atoms with Gasteiger partial charge in [-0.2, -0.15) is 5.10 Å². The van der Waals surface area contributed by atoms with Gasteiger partial charge in [0.25, 0.3) is 0 Å². The maximum atomic E-state index is 12.4. The van der Waals surface area contributed by atoms with Crippen molar-refractivity contribution in [3.8, 4) is 0 Å². The first-order valence-electron chi connectivity index (χ1n) is 7.34. The van der Waals surface area contributed by atoms with Gasteiger partial charge < -0.3 is 10.2 Å². The van der Waals surface area contributed by atoms with Crippen molar-refractivity contribution >= 4 is 21.8 Å². The first-order chi connectivity index (χ1) is 9.58. The molecule has 0 saturated carbocycles. The van der Waals surface area contributed by atoms with Gasteiger partial charge in [-0.05, 0) is 49.2 Å². The van der Waals surface area contributed by atoms with Gasteiger partial charge in [-0.1, -0.05) is 6.92 Å². The fourth-order valence-corrected chi connectivity index (χ4v) is 3.26. The topological polar surface area (TPSA) is 50.2 Å². The molecule has 2 heterocycles. The quantitative estimate of drug-likeness (QED) is 0.909. The second-order valence-corrected chi connectivity index (χ2v) is 5.96. The summed E-state index contributed by atoms with van der Waals surface area (Å²) < 4.78 is 3.05. The number of aromatic nitrogens is 2. The highest BCUT2D eigenvalue weighted by atomic mass is 79.9. The van der Waals surface area contributed by atoms with E-state index in [2.05, 4.69) is 40.2 Å². The van der Waals surface area contributed by atoms with Gasteiger partial charge >= 0.3 is 0 Å². The lowest BCUT2D eigenvalue weighted by Gasteiger charge is -2.23. The van der Waals surface area contributed by atoms with Crippen LogP contribution in [0, 0.1) is 0 Å². The van der Waals surface area contributed by atoms with Crippen molar-refractivity contribution in [1.82, 2.24) is 20.0 Å². The molecule has 1 atom stereocenters. The molecule has 1 N–H and O–H groups in total. The van der Waals surface area contributed by atoms with E-state index >= 15 is 0 Å². The minimum Gasteiger partial charge on any atom is -0.335 e. The third kappa shape index (κ3) is 3.06. The van der Waals surface area contributed by atoms with E-state index in [0.29, 0.717) is 6.54 Å². The molecule has 20 heavy (non-hydrogen) atoms. The number of amides is 1. The lowest BCUT2D eigenvalue weighted by molar-refractivity contribution is -0.132. The van der Waals surface area contributed by atoms with Crippen LogP contribution in [0.3, 0.4) is 0 Å². The number of halogens is 1. The zero-order valence-electron chi connectivity index (χ0n) is 12.4. The Hall–Kier alpha value is -0.880. The third-order valence-corrected chi connectivity index (χ3v) is 4.69. The maximum Gasteiger partial charge on any atom is 0.239 e. The normalized spacial score (nSPS) is 20.3. The minimum atomic E-state index is -0.0973. The Morgan fingerprint density at radius 1 is 1.45 bits per heavy atom. The summed E-state index contributed by atoms with van der Waals surface area (Å²) in [5, 5.41) is 7.84. The smallest absolute Gasteiger partial charge is 0.239 e. The van der Waals surface area contributed by atoms with Gasteiger partial charge in [-0.15, -0.1) is 0 Å². The second kappa shape index (κ2) is 6.72. The summed E-state index contributed by atoms with van der Waals surface area (Å²) in [4.78, 5) is 14.3. The van der Waals surface area contributed by atoms with Crippen LogP contribution >= 0.6 is 15.9 Å². The standard InChI is InChI=1S/C14H23BrN4O/c1-4-11-13(15)12(19(5-2)17-11)9-18-8-6-7-16-10(3)14(18)20/h10,16H,4-9H2,1-3H3. The van der Waals surface area contributed by atoms with Crippen molar-refractivity contribution in [2.24, 2.45) is 0 Å². The van der Waals surface area contributed by atoms with Crippen LogP contribution in [0.5, 0.6) is 0 Å². The molecule has 112 valence electrons. The third-order valence-electron chi connectivity index (χ3n) is 3.77. The molecule has 5 nitrogen and oxygen atoms in total. The van der Waals surface area contributed by atoms with E-state index in [1.54, 1.807) is 0 Å². The molecule has 0 bridgehead atoms. The highest BCUT2D eigenvalue weighted by Crippen LogP contribution is 2.24. The molecule has 0 aromatic carbocycles.